The summed E-state index contributed by atoms with van der Waals surface area (Å²) in [7, 11) is 0. The van der Waals surface area contributed by atoms with Crippen molar-refractivity contribution in [2.45, 2.75) is 26.4 Å². The Hall–Kier alpha value is -1.10. The van der Waals surface area contributed by atoms with E-state index >= 15 is 0 Å². The largest absolute Gasteiger partial charge is 0.450 e. The number of nitrogens with one attached hydrogen (secondary N) is 1. The maximum absolute atomic E-state index is 11.3. The van der Waals surface area contributed by atoms with E-state index in [2.05, 4.69) is 5.32 Å². The minimum absolute atomic E-state index is 0.340. The molecule has 0 fully saturated rings. The monoisotopic (exact) mass is 188 g/mol. The van der Waals surface area contributed by atoms with Gasteiger partial charge in [0, 0.05) is 20.0 Å². The van der Waals surface area contributed by atoms with Gasteiger partial charge in [-0.3, -0.25) is 9.59 Å². The molecule has 0 spiro atoms. The first-order valence-corrected chi connectivity index (χ1v) is 4.08. The molecule has 0 radical (unpaired) electrons. The van der Waals surface area contributed by atoms with Crippen molar-refractivity contribution in [2.75, 3.05) is 13.1 Å². The summed E-state index contributed by atoms with van der Waals surface area (Å²) in [6, 6.07) is 0. The number of hydrogen-bond donors (Lipinski definition) is 2. The van der Waals surface area contributed by atoms with Crippen molar-refractivity contribution in [3.63, 3.8) is 0 Å². The maximum Gasteiger partial charge on any atom is 0.303 e. The van der Waals surface area contributed by atoms with Gasteiger partial charge < -0.3 is 15.8 Å². The van der Waals surface area contributed by atoms with Gasteiger partial charge in [0.25, 0.3) is 5.91 Å². The molecule has 0 bridgehead atoms. The van der Waals surface area contributed by atoms with Crippen molar-refractivity contribution >= 4 is 11.9 Å². The average Bonchev–Trinajstić information content (AvgIpc) is 1.97. The summed E-state index contributed by atoms with van der Waals surface area (Å²) in [6.07, 6.45) is 0. The van der Waals surface area contributed by atoms with Crippen LogP contribution in [0.4, 0.5) is 0 Å². The highest BCUT2D eigenvalue weighted by Gasteiger charge is 2.30. The van der Waals surface area contributed by atoms with Crippen LogP contribution >= 0.6 is 0 Å². The SMILES string of the molecule is CC(=O)OC(C)(C)C(=O)NCCN. The van der Waals surface area contributed by atoms with Crippen LogP contribution in [0.3, 0.4) is 0 Å². The molecular weight excluding hydrogens is 172 g/mol. The smallest absolute Gasteiger partial charge is 0.303 e. The Kier molecular flexibility index (Phi) is 4.40. The van der Waals surface area contributed by atoms with Crippen LogP contribution in [0.15, 0.2) is 0 Å². The lowest BCUT2D eigenvalue weighted by molar-refractivity contribution is -0.162. The predicted molar refractivity (Wildman–Crippen MR) is 47.9 cm³/mol. The first kappa shape index (κ1) is 11.9. The molecule has 13 heavy (non-hydrogen) atoms. The molecule has 0 aromatic rings. The summed E-state index contributed by atoms with van der Waals surface area (Å²) in [4.78, 5) is 21.9. The average molecular weight is 188 g/mol. The van der Waals surface area contributed by atoms with Crippen molar-refractivity contribution in [3.05, 3.63) is 0 Å². The van der Waals surface area contributed by atoms with Gasteiger partial charge in [-0.1, -0.05) is 0 Å². The molecule has 0 saturated carbocycles. The first-order chi connectivity index (χ1) is 5.90. The van der Waals surface area contributed by atoms with Crippen molar-refractivity contribution in [1.82, 2.24) is 5.32 Å². The van der Waals surface area contributed by atoms with Gasteiger partial charge in [0.05, 0.1) is 0 Å². The molecule has 0 rings (SSSR count). The Bertz CT molecular complexity index is 202. The lowest BCUT2D eigenvalue weighted by Gasteiger charge is -2.22. The molecule has 3 N–H and O–H groups in total. The number of nitrogens with two attached hydrogens (primary N) is 1. The fourth-order valence-corrected chi connectivity index (χ4v) is 0.804. The zero-order chi connectivity index (χ0) is 10.5. The van der Waals surface area contributed by atoms with Crippen LogP contribution in [0.25, 0.3) is 0 Å². The Morgan fingerprint density at radius 1 is 1.46 bits per heavy atom. The number of esters is 1. The fourth-order valence-electron chi connectivity index (χ4n) is 0.804. The van der Waals surface area contributed by atoms with E-state index in [0.29, 0.717) is 13.1 Å². The number of carbonyl (C=O) groups excluding carboxylic acids is 2. The summed E-state index contributed by atoms with van der Waals surface area (Å²) in [6.45, 7) is 5.06. The number of rotatable bonds is 4. The minimum Gasteiger partial charge on any atom is -0.450 e. The zero-order valence-corrected chi connectivity index (χ0v) is 8.22. The Balaban J connectivity index is 4.10. The number of hydrogen-bond acceptors (Lipinski definition) is 4. The zero-order valence-electron chi connectivity index (χ0n) is 8.22. The highest BCUT2D eigenvalue weighted by atomic mass is 16.6. The van der Waals surface area contributed by atoms with Gasteiger partial charge in [0.1, 0.15) is 0 Å². The molecular formula is C8H16N2O3. The molecule has 0 aromatic carbocycles. The van der Waals surface area contributed by atoms with Crippen LogP contribution in [0, 0.1) is 0 Å². The van der Waals surface area contributed by atoms with Crippen LogP contribution < -0.4 is 11.1 Å². The van der Waals surface area contributed by atoms with Gasteiger partial charge in [-0.2, -0.15) is 0 Å². The van der Waals surface area contributed by atoms with Gasteiger partial charge in [0.2, 0.25) is 0 Å². The third-order valence-electron chi connectivity index (χ3n) is 1.38. The molecule has 0 atom stereocenters. The highest BCUT2D eigenvalue weighted by molar-refractivity contribution is 5.86. The molecule has 0 heterocycles. The van der Waals surface area contributed by atoms with Gasteiger partial charge in [-0.25, -0.2) is 0 Å². The second kappa shape index (κ2) is 4.81. The van der Waals surface area contributed by atoms with Crippen molar-refractivity contribution in [1.29, 1.82) is 0 Å². The van der Waals surface area contributed by atoms with E-state index in [-0.39, 0.29) is 5.91 Å². The second-order valence-corrected chi connectivity index (χ2v) is 3.15. The normalized spacial score (nSPS) is 10.8. The summed E-state index contributed by atoms with van der Waals surface area (Å²) in [5.41, 5.74) is 4.07. The van der Waals surface area contributed by atoms with E-state index in [1.807, 2.05) is 0 Å². The van der Waals surface area contributed by atoms with Crippen LogP contribution in [-0.2, 0) is 14.3 Å². The molecule has 0 aliphatic rings. The first-order valence-electron chi connectivity index (χ1n) is 4.08. The predicted octanol–water partition coefficient (Wildman–Crippen LogP) is -0.597. The number of carbonyl (C=O) groups is 2. The highest BCUT2D eigenvalue weighted by Crippen LogP contribution is 2.08. The number of ether oxygens (including phenoxy) is 1. The van der Waals surface area contributed by atoms with E-state index < -0.39 is 11.6 Å². The van der Waals surface area contributed by atoms with Gasteiger partial charge in [-0.05, 0) is 13.8 Å². The van der Waals surface area contributed by atoms with E-state index in [4.69, 9.17) is 10.5 Å². The quantitative estimate of drug-likeness (QED) is 0.577. The standard InChI is InChI=1S/C8H16N2O3/c1-6(11)13-8(2,3)7(12)10-5-4-9/h4-5,9H2,1-3H3,(H,10,12). The summed E-state index contributed by atoms with van der Waals surface area (Å²) in [5, 5.41) is 2.54. The lowest BCUT2D eigenvalue weighted by Crippen LogP contribution is -2.46. The molecule has 0 aliphatic carbocycles. The van der Waals surface area contributed by atoms with Crippen LogP contribution in [0.1, 0.15) is 20.8 Å². The van der Waals surface area contributed by atoms with Crippen LogP contribution in [-0.4, -0.2) is 30.6 Å². The Labute approximate surface area is 77.6 Å². The van der Waals surface area contributed by atoms with Crippen molar-refractivity contribution < 1.29 is 14.3 Å². The van der Waals surface area contributed by atoms with Gasteiger partial charge in [-0.15, -0.1) is 0 Å². The van der Waals surface area contributed by atoms with Crippen LogP contribution in [0.2, 0.25) is 0 Å². The van der Waals surface area contributed by atoms with Gasteiger partial charge in [0.15, 0.2) is 5.60 Å². The molecule has 1 amide bonds. The summed E-state index contributed by atoms with van der Waals surface area (Å²) >= 11 is 0. The minimum atomic E-state index is -1.12. The molecule has 0 unspecified atom stereocenters. The molecule has 5 heteroatoms. The molecule has 0 aromatic heterocycles. The fraction of sp³-hybridized carbons (Fsp3) is 0.750. The van der Waals surface area contributed by atoms with E-state index in [9.17, 15) is 9.59 Å². The Morgan fingerprint density at radius 3 is 2.38 bits per heavy atom. The van der Waals surface area contributed by atoms with E-state index in [1.165, 1.54) is 20.8 Å². The molecule has 0 saturated heterocycles. The summed E-state index contributed by atoms with van der Waals surface area (Å²) < 4.78 is 4.80. The van der Waals surface area contributed by atoms with Crippen LogP contribution in [0.5, 0.6) is 0 Å². The maximum atomic E-state index is 11.3. The number of amides is 1. The van der Waals surface area contributed by atoms with E-state index in [1.54, 1.807) is 0 Å². The lowest BCUT2D eigenvalue weighted by atomic mass is 10.1. The van der Waals surface area contributed by atoms with Gasteiger partial charge >= 0.3 is 5.97 Å². The van der Waals surface area contributed by atoms with Crippen molar-refractivity contribution in [3.8, 4) is 0 Å². The van der Waals surface area contributed by atoms with E-state index in [0.717, 1.165) is 0 Å². The molecule has 0 aliphatic heterocycles. The third-order valence-corrected chi connectivity index (χ3v) is 1.38. The summed E-state index contributed by atoms with van der Waals surface area (Å²) in [5.74, 6) is -0.818. The van der Waals surface area contributed by atoms with Crippen molar-refractivity contribution in [2.24, 2.45) is 5.73 Å². The second-order valence-electron chi connectivity index (χ2n) is 3.15. The molecule has 76 valence electrons. The Morgan fingerprint density at radius 2 is 2.00 bits per heavy atom. The third kappa shape index (κ3) is 4.47. The molecule has 5 nitrogen and oxygen atoms in total. The topological polar surface area (TPSA) is 81.4 Å².